The van der Waals surface area contributed by atoms with Crippen LogP contribution in [0, 0.1) is 5.92 Å². The fraction of sp³-hybridized carbons (Fsp3) is 0.500. The van der Waals surface area contributed by atoms with Crippen molar-refractivity contribution in [1.82, 2.24) is 4.90 Å². The number of alkyl halides is 3. The smallest absolute Gasteiger partial charge is 0.416 e. The predicted molar refractivity (Wildman–Crippen MR) is 76.8 cm³/mol. The quantitative estimate of drug-likeness (QED) is 0.923. The van der Waals surface area contributed by atoms with Crippen molar-refractivity contribution in [3.8, 4) is 0 Å². The van der Waals surface area contributed by atoms with Crippen molar-refractivity contribution in [2.45, 2.75) is 31.9 Å². The average Bonchev–Trinajstić information content (AvgIpc) is 2.96. The monoisotopic (exact) mass is 329 g/mol. The van der Waals surface area contributed by atoms with Gasteiger partial charge in [-0.25, -0.2) is 0 Å². The van der Waals surface area contributed by atoms with Crippen molar-refractivity contribution < 1.29 is 27.9 Å². The number of aliphatic carboxylic acids is 1. The maximum absolute atomic E-state index is 12.7. The number of hydrogen-bond donors (Lipinski definition) is 1. The van der Waals surface area contributed by atoms with E-state index in [0.717, 1.165) is 12.1 Å². The Morgan fingerprint density at radius 1 is 1.39 bits per heavy atom. The van der Waals surface area contributed by atoms with Crippen LogP contribution in [0.25, 0.3) is 0 Å². The molecule has 0 aromatic heterocycles. The number of carbonyl (C=O) groups is 2. The van der Waals surface area contributed by atoms with Crippen LogP contribution in [0.15, 0.2) is 24.3 Å². The number of carboxylic acids is 1. The van der Waals surface area contributed by atoms with E-state index in [1.165, 1.54) is 11.0 Å². The Morgan fingerprint density at radius 3 is 2.65 bits per heavy atom. The number of carboxylic acid groups (broad SMARTS) is 1. The minimum Gasteiger partial charge on any atom is -0.481 e. The maximum atomic E-state index is 12.7. The number of amides is 1. The van der Waals surface area contributed by atoms with E-state index in [4.69, 9.17) is 5.11 Å². The molecule has 4 nitrogen and oxygen atoms in total. The van der Waals surface area contributed by atoms with E-state index in [2.05, 4.69) is 0 Å². The Hall–Kier alpha value is -2.05. The third-order valence-corrected chi connectivity index (χ3v) is 4.15. The van der Waals surface area contributed by atoms with Crippen molar-refractivity contribution in [2.75, 3.05) is 13.1 Å². The van der Waals surface area contributed by atoms with E-state index in [1.54, 1.807) is 13.0 Å². The summed E-state index contributed by atoms with van der Waals surface area (Å²) in [6.45, 7) is 2.24. The Kier molecular flexibility index (Phi) is 4.97. The summed E-state index contributed by atoms with van der Waals surface area (Å²) >= 11 is 0. The summed E-state index contributed by atoms with van der Waals surface area (Å²) in [6.07, 6.45) is -3.93. The van der Waals surface area contributed by atoms with Crippen LogP contribution < -0.4 is 0 Å². The van der Waals surface area contributed by atoms with Gasteiger partial charge in [0.2, 0.25) is 5.91 Å². The van der Waals surface area contributed by atoms with Crippen LogP contribution in [-0.4, -0.2) is 35.0 Å². The molecule has 1 fully saturated rings. The van der Waals surface area contributed by atoms with Crippen LogP contribution in [0.4, 0.5) is 13.2 Å². The minimum atomic E-state index is -4.41. The van der Waals surface area contributed by atoms with Gasteiger partial charge in [-0.05, 0) is 24.0 Å². The van der Waals surface area contributed by atoms with Gasteiger partial charge in [0, 0.05) is 19.5 Å². The van der Waals surface area contributed by atoms with Gasteiger partial charge in [0.25, 0.3) is 0 Å². The highest BCUT2D eigenvalue weighted by atomic mass is 19.4. The van der Waals surface area contributed by atoms with Crippen LogP contribution in [0.3, 0.4) is 0 Å². The Bertz CT molecular complexity index is 600. The van der Waals surface area contributed by atoms with Crippen molar-refractivity contribution >= 4 is 11.9 Å². The zero-order valence-corrected chi connectivity index (χ0v) is 12.6. The molecule has 1 aromatic rings. The largest absolute Gasteiger partial charge is 0.481 e. The van der Waals surface area contributed by atoms with Crippen LogP contribution in [-0.2, 0) is 15.8 Å². The first kappa shape index (κ1) is 17.3. The standard InChI is InChI=1S/C16H18F3NO3/c1-10(11-3-2-4-13(8-11)16(17,18)19)7-14(21)20-6-5-12(9-20)15(22)23/h2-4,8,10,12H,5-7,9H2,1H3,(H,22,23)/t10-,12-/m0/s1. The van der Waals surface area contributed by atoms with E-state index in [1.807, 2.05) is 0 Å². The van der Waals surface area contributed by atoms with E-state index in [0.29, 0.717) is 18.5 Å². The topological polar surface area (TPSA) is 57.6 Å². The second-order valence-corrected chi connectivity index (χ2v) is 5.89. The van der Waals surface area contributed by atoms with Crippen molar-refractivity contribution in [3.63, 3.8) is 0 Å². The Labute approximate surface area is 131 Å². The van der Waals surface area contributed by atoms with Gasteiger partial charge >= 0.3 is 12.1 Å². The number of benzene rings is 1. The summed E-state index contributed by atoms with van der Waals surface area (Å²) in [6, 6.07) is 4.95. The van der Waals surface area contributed by atoms with Crippen LogP contribution >= 0.6 is 0 Å². The Balaban J connectivity index is 2.01. The summed E-state index contributed by atoms with van der Waals surface area (Å²) in [5.41, 5.74) is -0.288. The van der Waals surface area contributed by atoms with Crippen molar-refractivity contribution in [2.24, 2.45) is 5.92 Å². The molecule has 1 aliphatic heterocycles. The molecule has 0 spiro atoms. The molecule has 1 heterocycles. The van der Waals surface area contributed by atoms with Gasteiger partial charge in [-0.15, -0.1) is 0 Å². The fourth-order valence-corrected chi connectivity index (χ4v) is 2.72. The lowest BCUT2D eigenvalue weighted by molar-refractivity contribution is -0.141. The molecule has 1 aliphatic rings. The first-order valence-electron chi connectivity index (χ1n) is 7.36. The molecular weight excluding hydrogens is 311 g/mol. The predicted octanol–water partition coefficient (Wildman–Crippen LogP) is 3.13. The zero-order chi connectivity index (χ0) is 17.2. The van der Waals surface area contributed by atoms with Gasteiger partial charge < -0.3 is 10.0 Å². The Morgan fingerprint density at radius 2 is 2.09 bits per heavy atom. The highest BCUT2D eigenvalue weighted by Crippen LogP contribution is 2.32. The average molecular weight is 329 g/mol. The molecule has 7 heteroatoms. The van der Waals surface area contributed by atoms with E-state index >= 15 is 0 Å². The van der Waals surface area contributed by atoms with Gasteiger partial charge in [0.05, 0.1) is 11.5 Å². The molecule has 0 radical (unpaired) electrons. The lowest BCUT2D eigenvalue weighted by Gasteiger charge is -2.19. The molecule has 0 saturated carbocycles. The number of carbonyl (C=O) groups excluding carboxylic acids is 1. The van der Waals surface area contributed by atoms with Crippen LogP contribution in [0.1, 0.15) is 36.8 Å². The van der Waals surface area contributed by atoms with Gasteiger partial charge in [0.1, 0.15) is 0 Å². The molecule has 2 rings (SSSR count). The van der Waals surface area contributed by atoms with Gasteiger partial charge in [-0.2, -0.15) is 13.2 Å². The number of hydrogen-bond acceptors (Lipinski definition) is 2. The van der Waals surface area contributed by atoms with Crippen LogP contribution in [0.5, 0.6) is 0 Å². The fourth-order valence-electron chi connectivity index (χ4n) is 2.72. The summed E-state index contributed by atoms with van der Waals surface area (Å²) in [4.78, 5) is 24.6. The second kappa shape index (κ2) is 6.60. The number of likely N-dealkylation sites (tertiary alicyclic amines) is 1. The molecule has 1 amide bonds. The SMILES string of the molecule is C[C@@H](CC(=O)N1CC[C@H](C(=O)O)C1)c1cccc(C(F)(F)F)c1. The van der Waals surface area contributed by atoms with Crippen LogP contribution in [0.2, 0.25) is 0 Å². The zero-order valence-electron chi connectivity index (χ0n) is 12.6. The lowest BCUT2D eigenvalue weighted by Crippen LogP contribution is -2.30. The highest BCUT2D eigenvalue weighted by molar-refractivity contribution is 5.79. The first-order valence-corrected chi connectivity index (χ1v) is 7.36. The number of rotatable bonds is 4. The first-order chi connectivity index (χ1) is 10.7. The molecule has 23 heavy (non-hydrogen) atoms. The normalized spacial score (nSPS) is 19.7. The summed E-state index contributed by atoms with van der Waals surface area (Å²) < 4.78 is 38.2. The summed E-state index contributed by atoms with van der Waals surface area (Å²) in [7, 11) is 0. The molecule has 0 bridgehead atoms. The third kappa shape index (κ3) is 4.24. The van der Waals surface area contributed by atoms with Gasteiger partial charge in [-0.3, -0.25) is 9.59 Å². The number of halogens is 3. The summed E-state index contributed by atoms with van der Waals surface area (Å²) in [5.74, 6) is -2.07. The van der Waals surface area contributed by atoms with Gasteiger partial charge in [0.15, 0.2) is 0 Å². The highest BCUT2D eigenvalue weighted by Gasteiger charge is 2.32. The minimum absolute atomic E-state index is 0.0631. The van der Waals surface area contributed by atoms with E-state index < -0.39 is 23.6 Å². The molecule has 126 valence electrons. The van der Waals surface area contributed by atoms with E-state index in [-0.39, 0.29) is 24.8 Å². The molecule has 1 N–H and O–H groups in total. The second-order valence-electron chi connectivity index (χ2n) is 5.89. The molecule has 1 aromatic carbocycles. The summed E-state index contributed by atoms with van der Waals surface area (Å²) in [5, 5.41) is 8.93. The van der Waals surface area contributed by atoms with Crippen molar-refractivity contribution in [3.05, 3.63) is 35.4 Å². The number of nitrogens with zero attached hydrogens (tertiary/aromatic N) is 1. The molecule has 1 saturated heterocycles. The molecule has 2 atom stereocenters. The molecular formula is C16H18F3NO3. The van der Waals surface area contributed by atoms with Gasteiger partial charge in [-0.1, -0.05) is 25.1 Å². The van der Waals surface area contributed by atoms with E-state index in [9.17, 15) is 22.8 Å². The maximum Gasteiger partial charge on any atom is 0.416 e. The molecule has 0 aliphatic carbocycles. The molecule has 0 unspecified atom stereocenters. The third-order valence-electron chi connectivity index (χ3n) is 4.15. The van der Waals surface area contributed by atoms with Crippen molar-refractivity contribution in [1.29, 1.82) is 0 Å². The lowest BCUT2D eigenvalue weighted by atomic mass is 9.95.